The molecule has 0 aromatic rings. The van der Waals surface area contributed by atoms with Crippen molar-refractivity contribution in [3.8, 4) is 0 Å². The number of ether oxygens (including phenoxy) is 1. The van der Waals surface area contributed by atoms with Crippen molar-refractivity contribution >= 4 is 5.97 Å². The van der Waals surface area contributed by atoms with Gasteiger partial charge in [-0.15, -0.1) is 0 Å². The van der Waals surface area contributed by atoms with Gasteiger partial charge in [0.15, 0.2) is 0 Å². The van der Waals surface area contributed by atoms with E-state index in [1.54, 1.807) is 6.92 Å². The molecule has 21 heavy (non-hydrogen) atoms. The van der Waals surface area contributed by atoms with Crippen molar-refractivity contribution in [2.75, 3.05) is 0 Å². The van der Waals surface area contributed by atoms with Crippen LogP contribution in [0.1, 0.15) is 53.4 Å². The molecule has 0 saturated carbocycles. The Labute approximate surface area is 127 Å². The Bertz CT molecular complexity index is 409. The number of carbonyl (C=O) groups excluding carboxylic acids is 1. The van der Waals surface area contributed by atoms with Gasteiger partial charge in [-0.3, -0.25) is 0 Å². The fourth-order valence-corrected chi connectivity index (χ4v) is 2.27. The van der Waals surface area contributed by atoms with E-state index in [9.17, 15) is 15.0 Å². The van der Waals surface area contributed by atoms with E-state index in [1.165, 1.54) is 12.2 Å². The fourth-order valence-electron chi connectivity index (χ4n) is 2.27. The van der Waals surface area contributed by atoms with Gasteiger partial charge in [0.1, 0.15) is 6.10 Å². The van der Waals surface area contributed by atoms with Gasteiger partial charge in [0.05, 0.1) is 11.7 Å². The monoisotopic (exact) mass is 296 g/mol. The quantitative estimate of drug-likeness (QED) is 0.533. The Kier molecular flexibility index (Phi) is 6.62. The maximum absolute atomic E-state index is 11.7. The number of aliphatic hydroxyl groups excluding tert-OH is 1. The molecule has 0 aromatic heterocycles. The lowest BCUT2D eigenvalue weighted by Crippen LogP contribution is -2.25. The van der Waals surface area contributed by atoms with E-state index < -0.39 is 17.7 Å². The van der Waals surface area contributed by atoms with Gasteiger partial charge in [-0.2, -0.15) is 0 Å². The summed E-state index contributed by atoms with van der Waals surface area (Å²) in [5, 5.41) is 20.3. The molecule has 0 spiro atoms. The van der Waals surface area contributed by atoms with E-state index in [1.807, 2.05) is 26.8 Å². The molecule has 120 valence electrons. The van der Waals surface area contributed by atoms with Gasteiger partial charge in [-0.25, -0.2) is 4.79 Å². The molecule has 0 radical (unpaired) electrons. The van der Waals surface area contributed by atoms with Crippen molar-refractivity contribution in [2.24, 2.45) is 5.92 Å². The highest BCUT2D eigenvalue weighted by Gasteiger charge is 2.21. The van der Waals surface area contributed by atoms with Crippen LogP contribution >= 0.6 is 0 Å². The van der Waals surface area contributed by atoms with Crippen LogP contribution in [-0.4, -0.2) is 34.0 Å². The van der Waals surface area contributed by atoms with Gasteiger partial charge >= 0.3 is 5.97 Å². The maximum atomic E-state index is 11.7. The highest BCUT2D eigenvalue weighted by Crippen LogP contribution is 2.21. The standard InChI is InChI=1S/C17H28O4/c1-12-6-5-7-13(2)15(18)8-10-17(4,20)11-9-16(19)21-14(12)3/h7,9,11-12,14-15,18,20H,5-6,8,10H2,1-4H3/b11-9-,13-7+/t12-,14+,15-,17+/m0/s1. The number of aliphatic hydroxyl groups is 2. The first-order valence-corrected chi connectivity index (χ1v) is 7.68. The first-order chi connectivity index (χ1) is 9.71. The Hall–Kier alpha value is -1.13. The van der Waals surface area contributed by atoms with E-state index in [2.05, 4.69) is 0 Å². The number of hydrogen-bond acceptors (Lipinski definition) is 4. The zero-order valence-electron chi connectivity index (χ0n) is 13.5. The minimum absolute atomic E-state index is 0.173. The summed E-state index contributed by atoms with van der Waals surface area (Å²) in [7, 11) is 0. The van der Waals surface area contributed by atoms with E-state index in [0.717, 1.165) is 18.4 Å². The van der Waals surface area contributed by atoms with Crippen molar-refractivity contribution in [3.05, 3.63) is 23.8 Å². The Morgan fingerprint density at radius 2 is 2.00 bits per heavy atom. The molecule has 4 atom stereocenters. The second-order valence-electron chi connectivity index (χ2n) is 6.39. The van der Waals surface area contributed by atoms with Gasteiger partial charge in [0.2, 0.25) is 0 Å². The molecular formula is C17H28O4. The number of hydrogen-bond donors (Lipinski definition) is 2. The third-order valence-corrected chi connectivity index (χ3v) is 4.22. The number of cyclic esters (lactones) is 1. The lowest BCUT2D eigenvalue weighted by molar-refractivity contribution is -0.144. The molecule has 0 saturated heterocycles. The zero-order valence-corrected chi connectivity index (χ0v) is 13.5. The van der Waals surface area contributed by atoms with Gasteiger partial charge in [-0.05, 0) is 64.0 Å². The molecule has 4 heteroatoms. The molecule has 0 unspecified atom stereocenters. The number of allylic oxidation sites excluding steroid dienone is 1. The summed E-state index contributed by atoms with van der Waals surface area (Å²) in [5.41, 5.74) is -0.192. The second-order valence-corrected chi connectivity index (χ2v) is 6.39. The topological polar surface area (TPSA) is 66.8 Å². The first-order valence-electron chi connectivity index (χ1n) is 7.68. The second kappa shape index (κ2) is 7.76. The molecule has 1 aliphatic rings. The third-order valence-electron chi connectivity index (χ3n) is 4.22. The molecule has 1 rings (SSSR count). The van der Waals surface area contributed by atoms with Crippen LogP contribution in [0.4, 0.5) is 0 Å². The predicted molar refractivity (Wildman–Crippen MR) is 82.7 cm³/mol. The van der Waals surface area contributed by atoms with Crippen molar-refractivity contribution in [1.82, 2.24) is 0 Å². The molecular weight excluding hydrogens is 268 g/mol. The molecule has 0 aromatic carbocycles. The molecule has 2 N–H and O–H groups in total. The first kappa shape index (κ1) is 17.9. The van der Waals surface area contributed by atoms with Gasteiger partial charge in [0, 0.05) is 6.08 Å². The zero-order chi connectivity index (χ0) is 16.0. The SMILES string of the molecule is C/C1=C\CC[C@H](C)[C@@H](C)OC(=O)/C=C\[C@](C)(O)CC[C@@H]1O. The molecule has 1 aliphatic heterocycles. The summed E-state index contributed by atoms with van der Waals surface area (Å²) in [6.45, 7) is 7.46. The molecule has 4 nitrogen and oxygen atoms in total. The van der Waals surface area contributed by atoms with Crippen molar-refractivity contribution in [3.63, 3.8) is 0 Å². The Morgan fingerprint density at radius 3 is 2.67 bits per heavy atom. The highest BCUT2D eigenvalue weighted by atomic mass is 16.5. The van der Waals surface area contributed by atoms with Crippen molar-refractivity contribution < 1.29 is 19.7 Å². The molecule has 0 fully saturated rings. The Balaban J connectivity index is 2.87. The van der Waals surface area contributed by atoms with E-state index >= 15 is 0 Å². The molecule has 0 bridgehead atoms. The number of esters is 1. The average molecular weight is 296 g/mol. The van der Waals surface area contributed by atoms with Crippen molar-refractivity contribution in [2.45, 2.75) is 71.2 Å². The van der Waals surface area contributed by atoms with Gasteiger partial charge < -0.3 is 14.9 Å². The third kappa shape index (κ3) is 6.44. The lowest BCUT2D eigenvalue weighted by atomic mass is 9.93. The van der Waals surface area contributed by atoms with Gasteiger partial charge in [-0.1, -0.05) is 13.0 Å². The molecule has 1 heterocycles. The molecule has 0 aliphatic carbocycles. The smallest absolute Gasteiger partial charge is 0.330 e. The summed E-state index contributed by atoms with van der Waals surface area (Å²) in [6.07, 6.45) is 6.63. The van der Waals surface area contributed by atoms with Crippen LogP contribution < -0.4 is 0 Å². The van der Waals surface area contributed by atoms with Gasteiger partial charge in [0.25, 0.3) is 0 Å². The van der Waals surface area contributed by atoms with E-state index in [4.69, 9.17) is 4.74 Å². The average Bonchev–Trinajstić information content (AvgIpc) is 2.41. The van der Waals surface area contributed by atoms with Crippen LogP contribution in [0.2, 0.25) is 0 Å². The van der Waals surface area contributed by atoms with Crippen molar-refractivity contribution in [1.29, 1.82) is 0 Å². The maximum Gasteiger partial charge on any atom is 0.330 e. The van der Waals surface area contributed by atoms with E-state index in [0.29, 0.717) is 12.8 Å². The normalized spacial score (nSPS) is 40.6. The minimum atomic E-state index is -1.13. The Morgan fingerprint density at radius 1 is 1.33 bits per heavy atom. The largest absolute Gasteiger partial charge is 0.459 e. The van der Waals surface area contributed by atoms with Crippen LogP contribution in [0.3, 0.4) is 0 Å². The van der Waals surface area contributed by atoms with Crippen LogP contribution in [0.15, 0.2) is 23.8 Å². The van der Waals surface area contributed by atoms with Crippen LogP contribution in [0.25, 0.3) is 0 Å². The summed E-state index contributed by atoms with van der Waals surface area (Å²) >= 11 is 0. The van der Waals surface area contributed by atoms with Crippen LogP contribution in [0.5, 0.6) is 0 Å². The van der Waals surface area contributed by atoms with E-state index in [-0.39, 0.29) is 12.0 Å². The molecule has 0 amide bonds. The summed E-state index contributed by atoms with van der Waals surface area (Å²) in [5.74, 6) is -0.189. The minimum Gasteiger partial charge on any atom is -0.459 e. The number of rotatable bonds is 0. The predicted octanol–water partition coefficient (Wildman–Crippen LogP) is 2.74. The van der Waals surface area contributed by atoms with Crippen LogP contribution in [0, 0.1) is 5.92 Å². The summed E-state index contributed by atoms with van der Waals surface area (Å²) in [4.78, 5) is 11.7. The highest BCUT2D eigenvalue weighted by molar-refractivity contribution is 5.82. The number of carbonyl (C=O) groups is 1. The summed E-state index contributed by atoms with van der Waals surface area (Å²) < 4.78 is 5.34. The fraction of sp³-hybridized carbons (Fsp3) is 0.706. The summed E-state index contributed by atoms with van der Waals surface area (Å²) in [6, 6.07) is 0. The van der Waals surface area contributed by atoms with Crippen LogP contribution in [-0.2, 0) is 9.53 Å². The lowest BCUT2D eigenvalue weighted by Gasteiger charge is -2.23.